The number of nitrogens with zero attached hydrogens (tertiary/aromatic N) is 3. The summed E-state index contributed by atoms with van der Waals surface area (Å²) in [6.07, 6.45) is 1.44. The quantitative estimate of drug-likeness (QED) is 0.730. The van der Waals surface area contributed by atoms with E-state index in [0.29, 0.717) is 28.3 Å². The Hall–Kier alpha value is -2.20. The Bertz CT molecular complexity index is 786. The van der Waals surface area contributed by atoms with Crippen molar-refractivity contribution in [3.63, 3.8) is 0 Å². The van der Waals surface area contributed by atoms with Crippen molar-refractivity contribution in [2.75, 3.05) is 11.9 Å². The zero-order valence-corrected chi connectivity index (χ0v) is 12.2. The van der Waals surface area contributed by atoms with E-state index >= 15 is 0 Å². The van der Waals surface area contributed by atoms with Gasteiger partial charge >= 0.3 is 0 Å². The Morgan fingerprint density at radius 2 is 1.90 bits per heavy atom. The van der Waals surface area contributed by atoms with Gasteiger partial charge in [-0.1, -0.05) is 35.9 Å². The maximum absolute atomic E-state index is 14.1. The first kappa shape index (κ1) is 13.8. The van der Waals surface area contributed by atoms with Crippen LogP contribution in [0.5, 0.6) is 0 Å². The van der Waals surface area contributed by atoms with Gasteiger partial charge in [-0.25, -0.2) is 14.4 Å². The van der Waals surface area contributed by atoms with Crippen molar-refractivity contribution in [3.8, 4) is 0 Å². The summed E-state index contributed by atoms with van der Waals surface area (Å²) in [5.74, 6) is 0.229. The number of benzene rings is 2. The van der Waals surface area contributed by atoms with Gasteiger partial charge in [0.2, 0.25) is 0 Å². The number of aromatic nitrogens is 2. The second-order valence-electron chi connectivity index (χ2n) is 4.78. The van der Waals surface area contributed by atoms with Crippen LogP contribution in [-0.4, -0.2) is 17.0 Å². The molecule has 0 atom stereocenters. The molecular formula is C16H13ClFN3. The Kier molecular flexibility index (Phi) is 3.71. The highest BCUT2D eigenvalue weighted by Crippen LogP contribution is 2.26. The van der Waals surface area contributed by atoms with Crippen LogP contribution in [0.25, 0.3) is 10.9 Å². The molecule has 2 aromatic carbocycles. The van der Waals surface area contributed by atoms with Crippen molar-refractivity contribution in [1.82, 2.24) is 9.97 Å². The van der Waals surface area contributed by atoms with Crippen molar-refractivity contribution < 1.29 is 4.39 Å². The van der Waals surface area contributed by atoms with Crippen molar-refractivity contribution in [1.29, 1.82) is 0 Å². The molecule has 0 radical (unpaired) electrons. The first-order valence-corrected chi connectivity index (χ1v) is 6.88. The van der Waals surface area contributed by atoms with Crippen LogP contribution in [-0.2, 0) is 6.54 Å². The summed E-state index contributed by atoms with van der Waals surface area (Å²) in [6, 6.07) is 12.4. The number of hydrogen-bond donors (Lipinski definition) is 0. The highest BCUT2D eigenvalue weighted by Gasteiger charge is 2.13. The van der Waals surface area contributed by atoms with E-state index in [-0.39, 0.29) is 5.82 Å². The average Bonchev–Trinajstić information content (AvgIpc) is 2.49. The molecule has 0 aliphatic carbocycles. The van der Waals surface area contributed by atoms with Crippen LogP contribution in [0.3, 0.4) is 0 Å². The summed E-state index contributed by atoms with van der Waals surface area (Å²) in [5, 5.41) is 1.11. The van der Waals surface area contributed by atoms with Gasteiger partial charge in [0.1, 0.15) is 18.0 Å². The van der Waals surface area contributed by atoms with Gasteiger partial charge in [-0.2, -0.15) is 0 Å². The summed E-state index contributed by atoms with van der Waals surface area (Å²) in [5.41, 5.74) is 1.55. The van der Waals surface area contributed by atoms with E-state index in [9.17, 15) is 4.39 Å². The molecule has 0 bridgehead atoms. The summed E-state index contributed by atoms with van der Waals surface area (Å²) in [6.45, 7) is 0.542. The van der Waals surface area contributed by atoms with Crippen LogP contribution in [0.4, 0.5) is 10.2 Å². The molecule has 0 fully saturated rings. The molecule has 0 saturated carbocycles. The predicted octanol–water partition coefficient (Wildman–Crippen LogP) is 4.06. The highest BCUT2D eigenvalue weighted by atomic mass is 35.5. The van der Waals surface area contributed by atoms with Crippen LogP contribution < -0.4 is 4.90 Å². The van der Waals surface area contributed by atoms with Crippen molar-refractivity contribution in [2.45, 2.75) is 6.54 Å². The minimum atomic E-state index is -0.325. The molecule has 0 N–H and O–H groups in total. The Labute approximate surface area is 127 Å². The zero-order valence-electron chi connectivity index (χ0n) is 11.4. The maximum Gasteiger partial charge on any atom is 0.142 e. The molecule has 21 heavy (non-hydrogen) atoms. The van der Waals surface area contributed by atoms with Crippen molar-refractivity contribution >= 4 is 28.3 Å². The molecule has 0 spiro atoms. The smallest absolute Gasteiger partial charge is 0.142 e. The molecule has 0 unspecified atom stereocenters. The van der Waals surface area contributed by atoms with E-state index in [1.165, 1.54) is 12.4 Å². The van der Waals surface area contributed by atoms with Crippen LogP contribution in [0.2, 0.25) is 5.02 Å². The fourth-order valence-corrected chi connectivity index (χ4v) is 2.49. The molecule has 3 rings (SSSR count). The lowest BCUT2D eigenvalue weighted by Gasteiger charge is -2.20. The lowest BCUT2D eigenvalue weighted by Crippen LogP contribution is -2.18. The Morgan fingerprint density at radius 3 is 2.71 bits per heavy atom. The van der Waals surface area contributed by atoms with Gasteiger partial charge in [0.25, 0.3) is 0 Å². The van der Waals surface area contributed by atoms with Gasteiger partial charge < -0.3 is 4.90 Å². The standard InChI is InChI=1S/C16H13ClFN3/c1-21(9-11-5-2-3-6-12(11)17)16-15-13(18)7-4-8-14(15)19-10-20-16/h2-8,10H,9H2,1H3. The zero-order chi connectivity index (χ0) is 14.8. The topological polar surface area (TPSA) is 29.0 Å². The second-order valence-corrected chi connectivity index (χ2v) is 5.19. The molecule has 5 heteroatoms. The Morgan fingerprint density at radius 1 is 1.10 bits per heavy atom. The second kappa shape index (κ2) is 5.66. The van der Waals surface area contributed by atoms with Gasteiger partial charge in [-0.15, -0.1) is 0 Å². The molecule has 0 amide bonds. The SMILES string of the molecule is CN(Cc1ccccc1Cl)c1ncnc2cccc(F)c12. The number of rotatable bonds is 3. The van der Waals surface area contributed by atoms with Crippen molar-refractivity contribution in [2.24, 2.45) is 0 Å². The van der Waals surface area contributed by atoms with E-state index in [0.717, 1.165) is 5.56 Å². The monoisotopic (exact) mass is 301 g/mol. The first-order valence-electron chi connectivity index (χ1n) is 6.50. The van der Waals surface area contributed by atoms with Crippen LogP contribution in [0.1, 0.15) is 5.56 Å². The third-order valence-electron chi connectivity index (χ3n) is 3.32. The number of fused-ring (bicyclic) bond motifs is 1. The maximum atomic E-state index is 14.1. The van der Waals surface area contributed by atoms with Crippen LogP contribution in [0, 0.1) is 5.82 Å². The molecule has 0 aliphatic heterocycles. The normalized spacial score (nSPS) is 10.8. The van der Waals surface area contributed by atoms with Crippen LogP contribution >= 0.6 is 11.6 Å². The van der Waals surface area contributed by atoms with Gasteiger partial charge in [-0.3, -0.25) is 0 Å². The van der Waals surface area contributed by atoms with E-state index in [4.69, 9.17) is 11.6 Å². The lowest BCUT2D eigenvalue weighted by atomic mass is 10.2. The van der Waals surface area contributed by atoms with Crippen LogP contribution in [0.15, 0.2) is 48.8 Å². The van der Waals surface area contributed by atoms with Gasteiger partial charge in [0, 0.05) is 18.6 Å². The largest absolute Gasteiger partial charge is 0.355 e. The molecule has 3 aromatic rings. The molecule has 106 valence electrons. The molecular weight excluding hydrogens is 289 g/mol. The summed E-state index contributed by atoms with van der Waals surface area (Å²) >= 11 is 6.17. The Balaban J connectivity index is 2.02. The fourth-order valence-electron chi connectivity index (χ4n) is 2.30. The third-order valence-corrected chi connectivity index (χ3v) is 3.69. The molecule has 1 heterocycles. The van der Waals surface area contributed by atoms with E-state index in [1.54, 1.807) is 12.1 Å². The van der Waals surface area contributed by atoms with Gasteiger partial charge in [0.15, 0.2) is 0 Å². The summed E-state index contributed by atoms with van der Waals surface area (Å²) in [4.78, 5) is 10.2. The number of anilines is 1. The third kappa shape index (κ3) is 2.67. The first-order chi connectivity index (χ1) is 10.2. The van der Waals surface area contributed by atoms with E-state index in [2.05, 4.69) is 9.97 Å². The highest BCUT2D eigenvalue weighted by molar-refractivity contribution is 6.31. The molecule has 0 saturated heterocycles. The van der Waals surface area contributed by atoms with E-state index < -0.39 is 0 Å². The van der Waals surface area contributed by atoms with Crippen molar-refractivity contribution in [3.05, 3.63) is 65.2 Å². The lowest BCUT2D eigenvalue weighted by molar-refractivity contribution is 0.638. The number of halogens is 2. The van der Waals surface area contributed by atoms with E-state index in [1.807, 2.05) is 36.2 Å². The van der Waals surface area contributed by atoms with Gasteiger partial charge in [-0.05, 0) is 23.8 Å². The number of hydrogen-bond acceptors (Lipinski definition) is 3. The summed E-state index contributed by atoms with van der Waals surface area (Å²) in [7, 11) is 1.86. The average molecular weight is 302 g/mol. The fraction of sp³-hybridized carbons (Fsp3) is 0.125. The minimum Gasteiger partial charge on any atom is -0.355 e. The predicted molar refractivity (Wildman–Crippen MR) is 83.1 cm³/mol. The summed E-state index contributed by atoms with van der Waals surface area (Å²) < 4.78 is 14.1. The molecule has 0 aliphatic rings. The minimum absolute atomic E-state index is 0.325. The molecule has 1 aromatic heterocycles. The van der Waals surface area contributed by atoms with Gasteiger partial charge in [0.05, 0.1) is 10.9 Å². The molecule has 3 nitrogen and oxygen atoms in total.